The van der Waals surface area contributed by atoms with Gasteiger partial charge in [-0.2, -0.15) is 18.4 Å². The average Bonchev–Trinajstić information content (AvgIpc) is 3.08. The zero-order valence-corrected chi connectivity index (χ0v) is 15.1. The minimum atomic E-state index is -4.44. The van der Waals surface area contributed by atoms with Gasteiger partial charge in [0.2, 0.25) is 0 Å². The van der Waals surface area contributed by atoms with Gasteiger partial charge in [0, 0.05) is 0 Å². The third-order valence-corrected chi connectivity index (χ3v) is 4.85. The smallest absolute Gasteiger partial charge is 0.416 e. The Bertz CT molecular complexity index is 1060. The highest BCUT2D eigenvalue weighted by Gasteiger charge is 2.30. The van der Waals surface area contributed by atoms with Gasteiger partial charge in [0.05, 0.1) is 35.6 Å². The second-order valence-electron chi connectivity index (χ2n) is 5.48. The maximum atomic E-state index is 12.9. The summed E-state index contributed by atoms with van der Waals surface area (Å²) in [5.74, 6) is 1.05. The third-order valence-electron chi connectivity index (χ3n) is 3.78. The predicted octanol–water partition coefficient (Wildman–Crippen LogP) is 5.40. The first-order valence-electron chi connectivity index (χ1n) is 7.67. The SMILES string of the molecule is COc1ccc(/C=C(\C#N)c2nc3cc(C(F)(F)F)ccc3s2)cc1OC. The number of hydrogen-bond acceptors (Lipinski definition) is 5. The molecule has 3 rings (SSSR count). The van der Waals surface area contributed by atoms with Gasteiger partial charge in [0.25, 0.3) is 0 Å². The summed E-state index contributed by atoms with van der Waals surface area (Å²) >= 11 is 1.16. The van der Waals surface area contributed by atoms with Crippen LogP contribution in [0.5, 0.6) is 11.5 Å². The summed E-state index contributed by atoms with van der Waals surface area (Å²) in [5, 5.41) is 9.84. The van der Waals surface area contributed by atoms with Crippen molar-refractivity contribution in [3.05, 3.63) is 52.5 Å². The second-order valence-corrected chi connectivity index (χ2v) is 6.51. The van der Waals surface area contributed by atoms with Crippen LogP contribution in [0.25, 0.3) is 21.9 Å². The van der Waals surface area contributed by atoms with E-state index in [0.717, 1.165) is 23.5 Å². The quantitative estimate of drug-likeness (QED) is 0.560. The van der Waals surface area contributed by atoms with E-state index in [-0.39, 0.29) is 11.1 Å². The van der Waals surface area contributed by atoms with Crippen LogP contribution in [0.4, 0.5) is 13.2 Å². The average molecular weight is 390 g/mol. The topological polar surface area (TPSA) is 55.1 Å². The van der Waals surface area contributed by atoms with Gasteiger partial charge in [0.15, 0.2) is 11.5 Å². The number of halogens is 3. The first-order valence-corrected chi connectivity index (χ1v) is 8.49. The number of alkyl halides is 3. The van der Waals surface area contributed by atoms with Crippen LogP contribution in [0.1, 0.15) is 16.1 Å². The number of methoxy groups -OCH3 is 2. The van der Waals surface area contributed by atoms with Crippen molar-refractivity contribution in [2.24, 2.45) is 0 Å². The highest BCUT2D eigenvalue weighted by atomic mass is 32.1. The van der Waals surface area contributed by atoms with E-state index in [1.54, 1.807) is 24.3 Å². The predicted molar refractivity (Wildman–Crippen MR) is 97.7 cm³/mol. The molecular weight excluding hydrogens is 377 g/mol. The van der Waals surface area contributed by atoms with Crippen LogP contribution in [0.2, 0.25) is 0 Å². The van der Waals surface area contributed by atoms with Crippen molar-refractivity contribution in [1.82, 2.24) is 4.98 Å². The van der Waals surface area contributed by atoms with Gasteiger partial charge >= 0.3 is 6.18 Å². The molecule has 0 saturated carbocycles. The molecule has 0 bridgehead atoms. The molecule has 1 aromatic heterocycles. The summed E-state index contributed by atoms with van der Waals surface area (Å²) in [6, 6.07) is 10.6. The van der Waals surface area contributed by atoms with E-state index in [1.807, 2.05) is 0 Å². The summed E-state index contributed by atoms with van der Waals surface area (Å²) in [6.07, 6.45) is -2.84. The van der Waals surface area contributed by atoms with Crippen LogP contribution in [0.3, 0.4) is 0 Å². The van der Waals surface area contributed by atoms with Gasteiger partial charge in [0.1, 0.15) is 11.1 Å². The summed E-state index contributed by atoms with van der Waals surface area (Å²) in [7, 11) is 3.02. The number of benzene rings is 2. The fourth-order valence-corrected chi connectivity index (χ4v) is 3.38. The Morgan fingerprint density at radius 1 is 1.11 bits per heavy atom. The van der Waals surface area contributed by atoms with E-state index in [2.05, 4.69) is 11.1 Å². The lowest BCUT2D eigenvalue weighted by atomic mass is 10.1. The number of hydrogen-bond donors (Lipinski definition) is 0. The molecule has 0 fully saturated rings. The Kier molecular flexibility index (Phi) is 5.06. The second kappa shape index (κ2) is 7.29. The number of rotatable bonds is 4. The third kappa shape index (κ3) is 3.88. The summed E-state index contributed by atoms with van der Waals surface area (Å²) < 4.78 is 49.6. The van der Waals surface area contributed by atoms with E-state index in [0.29, 0.717) is 26.8 Å². The lowest BCUT2D eigenvalue weighted by molar-refractivity contribution is -0.137. The van der Waals surface area contributed by atoms with Crippen LogP contribution < -0.4 is 9.47 Å². The molecule has 0 amide bonds. The fraction of sp³-hybridized carbons (Fsp3) is 0.158. The van der Waals surface area contributed by atoms with Gasteiger partial charge in [-0.25, -0.2) is 4.98 Å². The molecule has 27 heavy (non-hydrogen) atoms. The molecule has 8 heteroatoms. The minimum absolute atomic E-state index is 0.207. The highest BCUT2D eigenvalue weighted by Crippen LogP contribution is 2.35. The molecule has 0 aliphatic rings. The number of nitriles is 1. The monoisotopic (exact) mass is 390 g/mol. The first-order chi connectivity index (χ1) is 12.9. The number of allylic oxidation sites excluding steroid dienone is 1. The molecule has 0 aliphatic carbocycles. The standard InChI is InChI=1S/C19H13F3N2O2S/c1-25-15-5-3-11(8-16(15)26-2)7-12(10-23)18-24-14-9-13(19(20,21)22)4-6-17(14)27-18/h3-9H,1-2H3/b12-7+. The van der Waals surface area contributed by atoms with Gasteiger partial charge in [-0.15, -0.1) is 11.3 Å². The van der Waals surface area contributed by atoms with Crippen molar-refractivity contribution in [3.63, 3.8) is 0 Å². The number of thiazole rings is 1. The van der Waals surface area contributed by atoms with Gasteiger partial charge in [-0.1, -0.05) is 6.07 Å². The molecule has 2 aromatic carbocycles. The molecule has 1 heterocycles. The molecule has 0 saturated heterocycles. The lowest BCUT2D eigenvalue weighted by Crippen LogP contribution is -2.03. The van der Waals surface area contributed by atoms with Crippen molar-refractivity contribution in [2.45, 2.75) is 6.18 Å². The molecule has 3 aromatic rings. The Balaban J connectivity index is 2.03. The van der Waals surface area contributed by atoms with Gasteiger partial charge in [-0.05, 0) is 42.0 Å². The normalized spacial score (nSPS) is 12.1. The summed E-state index contributed by atoms with van der Waals surface area (Å²) in [5.41, 5.74) is 0.365. The molecular formula is C19H13F3N2O2S. The van der Waals surface area contributed by atoms with Crippen LogP contribution in [0.15, 0.2) is 36.4 Å². The zero-order valence-electron chi connectivity index (χ0n) is 14.3. The first kappa shape index (κ1) is 18.7. The molecule has 0 aliphatic heterocycles. The van der Waals surface area contributed by atoms with E-state index < -0.39 is 11.7 Å². The Morgan fingerprint density at radius 2 is 1.85 bits per heavy atom. The van der Waals surface area contributed by atoms with Crippen LogP contribution in [0, 0.1) is 11.3 Å². The van der Waals surface area contributed by atoms with E-state index >= 15 is 0 Å². The van der Waals surface area contributed by atoms with Gasteiger partial charge < -0.3 is 9.47 Å². The van der Waals surface area contributed by atoms with Crippen molar-refractivity contribution < 1.29 is 22.6 Å². The van der Waals surface area contributed by atoms with E-state index in [1.165, 1.54) is 20.3 Å². The maximum absolute atomic E-state index is 12.9. The minimum Gasteiger partial charge on any atom is -0.493 e. The summed E-state index contributed by atoms with van der Waals surface area (Å²) in [6.45, 7) is 0. The summed E-state index contributed by atoms with van der Waals surface area (Å²) in [4.78, 5) is 4.20. The zero-order chi connectivity index (χ0) is 19.6. The largest absolute Gasteiger partial charge is 0.493 e. The van der Waals surface area contributed by atoms with E-state index in [9.17, 15) is 18.4 Å². The Morgan fingerprint density at radius 3 is 2.48 bits per heavy atom. The molecule has 0 unspecified atom stereocenters. The molecule has 0 spiro atoms. The molecule has 0 atom stereocenters. The molecule has 138 valence electrons. The van der Waals surface area contributed by atoms with E-state index in [4.69, 9.17) is 9.47 Å². The lowest BCUT2D eigenvalue weighted by Gasteiger charge is -2.07. The molecule has 4 nitrogen and oxygen atoms in total. The van der Waals surface area contributed by atoms with Crippen molar-refractivity contribution in [3.8, 4) is 17.6 Å². The van der Waals surface area contributed by atoms with Crippen molar-refractivity contribution >= 4 is 33.2 Å². The number of aromatic nitrogens is 1. The number of fused-ring (bicyclic) bond motifs is 1. The van der Waals surface area contributed by atoms with Crippen LogP contribution >= 0.6 is 11.3 Å². The fourth-order valence-electron chi connectivity index (χ4n) is 2.47. The van der Waals surface area contributed by atoms with Crippen LogP contribution in [-0.4, -0.2) is 19.2 Å². The van der Waals surface area contributed by atoms with Crippen molar-refractivity contribution in [1.29, 1.82) is 5.26 Å². The van der Waals surface area contributed by atoms with Gasteiger partial charge in [-0.3, -0.25) is 0 Å². The van der Waals surface area contributed by atoms with Crippen LogP contribution in [-0.2, 0) is 6.18 Å². The molecule has 0 radical (unpaired) electrons. The number of ether oxygens (including phenoxy) is 2. The number of nitrogens with zero attached hydrogens (tertiary/aromatic N) is 2. The highest BCUT2D eigenvalue weighted by molar-refractivity contribution is 7.19. The maximum Gasteiger partial charge on any atom is 0.416 e. The Labute approximate surface area is 157 Å². The Hall–Kier alpha value is -3.05. The molecule has 0 N–H and O–H groups in total. The van der Waals surface area contributed by atoms with Crippen molar-refractivity contribution in [2.75, 3.05) is 14.2 Å².